The maximum Gasteiger partial charge on any atom is 0.300 e. The van der Waals surface area contributed by atoms with E-state index in [1.807, 2.05) is 68.4 Å². The lowest BCUT2D eigenvalue weighted by molar-refractivity contribution is -0.132. The fraction of sp³-hybridized carbons (Fsp3) is 0.185. The van der Waals surface area contributed by atoms with Crippen LogP contribution in [0.1, 0.15) is 35.2 Å². The molecule has 0 aromatic heterocycles. The van der Waals surface area contributed by atoms with Crippen molar-refractivity contribution in [1.82, 2.24) is 0 Å². The van der Waals surface area contributed by atoms with Gasteiger partial charge in [-0.25, -0.2) is 0 Å². The van der Waals surface area contributed by atoms with E-state index < -0.39 is 17.7 Å². The van der Waals surface area contributed by atoms with Crippen LogP contribution in [0.5, 0.6) is 5.75 Å². The van der Waals surface area contributed by atoms with Crippen molar-refractivity contribution in [2.24, 2.45) is 0 Å². The summed E-state index contributed by atoms with van der Waals surface area (Å²) in [6.07, 6.45) is 0.800. The molecular formula is C27H23NO4. The van der Waals surface area contributed by atoms with Crippen molar-refractivity contribution in [2.45, 2.75) is 32.4 Å². The van der Waals surface area contributed by atoms with Crippen LogP contribution in [-0.4, -0.2) is 22.9 Å². The summed E-state index contributed by atoms with van der Waals surface area (Å²) in [5, 5.41) is 11.3. The standard InChI is InChI=1S/C27H23NO4/c1-16-8-6-7-11-21(16)24-23(26(30)27(31)28(24)20-9-4-3-5-10-20)25(29)18-12-13-22-19(15-18)14-17(2)32-22/h3-13,15,17,24,29H,14H2,1-2H3/b25-23+. The zero-order valence-corrected chi connectivity index (χ0v) is 17.9. The van der Waals surface area contributed by atoms with E-state index in [1.165, 1.54) is 4.90 Å². The smallest absolute Gasteiger partial charge is 0.300 e. The number of hydrogen-bond acceptors (Lipinski definition) is 4. The van der Waals surface area contributed by atoms with Gasteiger partial charge in [-0.15, -0.1) is 0 Å². The van der Waals surface area contributed by atoms with E-state index >= 15 is 0 Å². The molecule has 0 spiro atoms. The average molecular weight is 425 g/mol. The van der Waals surface area contributed by atoms with Crippen LogP contribution in [-0.2, 0) is 16.0 Å². The molecule has 2 aliphatic heterocycles. The van der Waals surface area contributed by atoms with E-state index in [9.17, 15) is 14.7 Å². The summed E-state index contributed by atoms with van der Waals surface area (Å²) < 4.78 is 5.76. The molecule has 32 heavy (non-hydrogen) atoms. The molecule has 2 heterocycles. The number of para-hydroxylation sites is 1. The second-order valence-electron chi connectivity index (χ2n) is 8.32. The van der Waals surface area contributed by atoms with Crippen molar-refractivity contribution in [2.75, 3.05) is 4.90 Å². The van der Waals surface area contributed by atoms with Gasteiger partial charge in [0.15, 0.2) is 0 Å². The number of Topliss-reactive ketones (excluding diaryl/α,β-unsaturated/α-hetero) is 1. The van der Waals surface area contributed by atoms with E-state index in [0.717, 1.165) is 28.9 Å². The van der Waals surface area contributed by atoms with Crippen LogP contribution in [0, 0.1) is 6.92 Å². The highest BCUT2D eigenvalue weighted by molar-refractivity contribution is 6.51. The molecular weight excluding hydrogens is 402 g/mol. The second-order valence-corrected chi connectivity index (χ2v) is 8.32. The fourth-order valence-corrected chi connectivity index (χ4v) is 4.60. The molecule has 1 saturated heterocycles. The summed E-state index contributed by atoms with van der Waals surface area (Å²) in [6.45, 7) is 3.93. The molecule has 3 aromatic rings. The Balaban J connectivity index is 1.71. The van der Waals surface area contributed by atoms with Gasteiger partial charge in [0, 0.05) is 17.7 Å². The Morgan fingerprint density at radius 2 is 1.72 bits per heavy atom. The van der Waals surface area contributed by atoms with E-state index in [4.69, 9.17) is 4.74 Å². The molecule has 2 aliphatic rings. The van der Waals surface area contributed by atoms with Crippen LogP contribution >= 0.6 is 0 Å². The molecule has 5 heteroatoms. The van der Waals surface area contributed by atoms with Crippen molar-refractivity contribution in [3.05, 3.63) is 101 Å². The van der Waals surface area contributed by atoms with Gasteiger partial charge in [-0.05, 0) is 60.9 Å². The van der Waals surface area contributed by atoms with Gasteiger partial charge >= 0.3 is 0 Å². The number of rotatable bonds is 3. The molecule has 0 saturated carbocycles. The number of aryl methyl sites for hydroxylation is 1. The zero-order chi connectivity index (χ0) is 22.4. The minimum Gasteiger partial charge on any atom is -0.507 e. The summed E-state index contributed by atoms with van der Waals surface area (Å²) in [5.41, 5.74) is 3.92. The monoisotopic (exact) mass is 425 g/mol. The highest BCUT2D eigenvalue weighted by Gasteiger charge is 2.47. The molecule has 1 N–H and O–H groups in total. The molecule has 2 atom stereocenters. The number of aliphatic hydroxyl groups excluding tert-OH is 1. The largest absolute Gasteiger partial charge is 0.507 e. The highest BCUT2D eigenvalue weighted by atomic mass is 16.5. The maximum absolute atomic E-state index is 13.3. The molecule has 160 valence electrons. The first-order chi connectivity index (χ1) is 15.5. The summed E-state index contributed by atoms with van der Waals surface area (Å²) in [6, 6.07) is 21.4. The van der Waals surface area contributed by atoms with Gasteiger partial charge < -0.3 is 9.84 Å². The minimum absolute atomic E-state index is 0.0676. The Labute approximate surface area is 186 Å². The van der Waals surface area contributed by atoms with E-state index in [1.54, 1.807) is 18.2 Å². The quantitative estimate of drug-likeness (QED) is 0.367. The fourth-order valence-electron chi connectivity index (χ4n) is 4.60. The van der Waals surface area contributed by atoms with Crippen molar-refractivity contribution in [3.63, 3.8) is 0 Å². The van der Waals surface area contributed by atoms with Gasteiger partial charge in [0.1, 0.15) is 17.6 Å². The normalized spacial score (nSPS) is 21.5. The van der Waals surface area contributed by atoms with Crippen LogP contribution in [0.3, 0.4) is 0 Å². The lowest BCUT2D eigenvalue weighted by Crippen LogP contribution is -2.29. The Kier molecular flexibility index (Phi) is 4.82. The van der Waals surface area contributed by atoms with Crippen molar-refractivity contribution in [3.8, 4) is 5.75 Å². The molecule has 0 bridgehead atoms. The molecule has 3 aromatic carbocycles. The number of carbonyl (C=O) groups is 2. The molecule has 0 radical (unpaired) electrons. The number of benzene rings is 3. The number of amides is 1. The van der Waals surface area contributed by atoms with Crippen molar-refractivity contribution >= 4 is 23.1 Å². The maximum atomic E-state index is 13.3. The van der Waals surface area contributed by atoms with Crippen molar-refractivity contribution in [1.29, 1.82) is 0 Å². The first kappa shape index (κ1) is 20.1. The van der Waals surface area contributed by atoms with Gasteiger partial charge in [0.25, 0.3) is 11.7 Å². The number of ketones is 1. The third-order valence-electron chi connectivity index (χ3n) is 6.13. The van der Waals surface area contributed by atoms with Crippen LogP contribution in [0.25, 0.3) is 5.76 Å². The topological polar surface area (TPSA) is 66.8 Å². The number of hydrogen-bond donors (Lipinski definition) is 1. The van der Waals surface area contributed by atoms with Crippen molar-refractivity contribution < 1.29 is 19.4 Å². The van der Waals surface area contributed by atoms with Gasteiger partial charge in [-0.1, -0.05) is 42.5 Å². The number of aliphatic hydroxyl groups is 1. The predicted octanol–water partition coefficient (Wildman–Crippen LogP) is 4.94. The summed E-state index contributed by atoms with van der Waals surface area (Å²) >= 11 is 0. The van der Waals surface area contributed by atoms with E-state index in [0.29, 0.717) is 11.3 Å². The number of fused-ring (bicyclic) bond motifs is 1. The lowest BCUT2D eigenvalue weighted by Gasteiger charge is -2.26. The summed E-state index contributed by atoms with van der Waals surface area (Å²) in [7, 11) is 0. The highest BCUT2D eigenvalue weighted by Crippen LogP contribution is 2.43. The second kappa shape index (κ2) is 7.68. The zero-order valence-electron chi connectivity index (χ0n) is 17.9. The first-order valence-electron chi connectivity index (χ1n) is 10.7. The van der Waals surface area contributed by atoms with Crippen LogP contribution < -0.4 is 9.64 Å². The minimum atomic E-state index is -0.720. The van der Waals surface area contributed by atoms with E-state index in [-0.39, 0.29) is 17.4 Å². The average Bonchev–Trinajstić information content (AvgIpc) is 3.30. The predicted molar refractivity (Wildman–Crippen MR) is 123 cm³/mol. The number of ether oxygens (including phenoxy) is 1. The van der Waals surface area contributed by atoms with Crippen LogP contribution in [0.2, 0.25) is 0 Å². The SMILES string of the molecule is Cc1ccccc1C1/C(=C(\O)c2ccc3c(c2)CC(C)O3)C(=O)C(=O)N1c1ccccc1. The van der Waals surface area contributed by atoms with Crippen LogP contribution in [0.4, 0.5) is 5.69 Å². The third-order valence-corrected chi connectivity index (χ3v) is 6.13. The number of nitrogens with zero attached hydrogens (tertiary/aromatic N) is 1. The molecule has 5 rings (SSSR count). The van der Waals surface area contributed by atoms with Gasteiger partial charge in [-0.3, -0.25) is 14.5 Å². The molecule has 1 amide bonds. The van der Waals surface area contributed by atoms with Gasteiger partial charge in [0.05, 0.1) is 11.6 Å². The Morgan fingerprint density at radius 3 is 2.47 bits per heavy atom. The number of carbonyl (C=O) groups excluding carboxylic acids is 2. The van der Waals surface area contributed by atoms with Gasteiger partial charge in [-0.2, -0.15) is 0 Å². The molecule has 0 aliphatic carbocycles. The van der Waals surface area contributed by atoms with Crippen LogP contribution in [0.15, 0.2) is 78.4 Å². The summed E-state index contributed by atoms with van der Waals surface area (Å²) in [4.78, 5) is 27.9. The third kappa shape index (κ3) is 3.17. The molecule has 2 unspecified atom stereocenters. The Bertz CT molecular complexity index is 1260. The molecule has 1 fully saturated rings. The molecule has 5 nitrogen and oxygen atoms in total. The first-order valence-corrected chi connectivity index (χ1v) is 10.7. The Hall–Kier alpha value is -3.86. The Morgan fingerprint density at radius 1 is 1.00 bits per heavy atom. The summed E-state index contributed by atoms with van der Waals surface area (Å²) in [5.74, 6) is -0.722. The number of anilines is 1. The van der Waals surface area contributed by atoms with E-state index in [2.05, 4.69) is 0 Å². The lowest BCUT2D eigenvalue weighted by atomic mass is 9.92. The van der Waals surface area contributed by atoms with Gasteiger partial charge in [0.2, 0.25) is 0 Å².